The summed E-state index contributed by atoms with van der Waals surface area (Å²) in [5.41, 5.74) is 1.18. The number of carbonyl (C=O) groups is 1. The standard InChI is InChI=1S/C15H21F3N2O3/c1-4-7-23-11-5-6-12(10(2)8-11)19-14(22)20(3)9-13(21)15(16,17)18/h5-6,8,13,21H,4,7,9H2,1-3H3,(H,19,22). The van der Waals surface area contributed by atoms with E-state index in [9.17, 15) is 18.0 Å². The highest BCUT2D eigenvalue weighted by Gasteiger charge is 2.39. The molecule has 0 heterocycles. The van der Waals surface area contributed by atoms with E-state index in [1.807, 2.05) is 6.92 Å². The van der Waals surface area contributed by atoms with Gasteiger partial charge >= 0.3 is 12.2 Å². The quantitative estimate of drug-likeness (QED) is 0.840. The minimum Gasteiger partial charge on any atom is -0.494 e. The highest BCUT2D eigenvalue weighted by atomic mass is 19.4. The average Bonchev–Trinajstić information content (AvgIpc) is 2.46. The first kappa shape index (κ1) is 19.1. The van der Waals surface area contributed by atoms with Gasteiger partial charge in [-0.3, -0.25) is 0 Å². The molecule has 0 aliphatic heterocycles. The average molecular weight is 334 g/mol. The zero-order chi connectivity index (χ0) is 17.6. The largest absolute Gasteiger partial charge is 0.494 e. The van der Waals surface area contributed by atoms with Crippen molar-refractivity contribution in [3.63, 3.8) is 0 Å². The third-order valence-electron chi connectivity index (χ3n) is 3.08. The lowest BCUT2D eigenvalue weighted by Crippen LogP contribution is -2.43. The van der Waals surface area contributed by atoms with Gasteiger partial charge in [0, 0.05) is 12.7 Å². The van der Waals surface area contributed by atoms with Gasteiger partial charge in [0.05, 0.1) is 13.2 Å². The first-order chi connectivity index (χ1) is 10.6. The van der Waals surface area contributed by atoms with Crippen LogP contribution in [0.3, 0.4) is 0 Å². The Morgan fingerprint density at radius 2 is 2.09 bits per heavy atom. The summed E-state index contributed by atoms with van der Waals surface area (Å²) < 4.78 is 42.3. The van der Waals surface area contributed by atoms with Crippen molar-refractivity contribution in [3.05, 3.63) is 23.8 Å². The van der Waals surface area contributed by atoms with Crippen LogP contribution in [0.15, 0.2) is 18.2 Å². The van der Waals surface area contributed by atoms with Crippen molar-refractivity contribution in [1.29, 1.82) is 0 Å². The maximum atomic E-state index is 12.3. The molecule has 5 nitrogen and oxygen atoms in total. The number of alkyl halides is 3. The molecule has 0 bridgehead atoms. The van der Waals surface area contributed by atoms with Gasteiger partial charge in [-0.05, 0) is 37.1 Å². The Hall–Kier alpha value is -1.96. The van der Waals surface area contributed by atoms with E-state index in [4.69, 9.17) is 9.84 Å². The fraction of sp³-hybridized carbons (Fsp3) is 0.533. The lowest BCUT2D eigenvalue weighted by Gasteiger charge is -2.23. The molecule has 0 radical (unpaired) electrons. The number of nitrogens with one attached hydrogen (secondary N) is 1. The molecule has 8 heteroatoms. The molecule has 0 saturated heterocycles. The Labute approximate surface area is 133 Å². The van der Waals surface area contributed by atoms with Gasteiger partial charge in [-0.15, -0.1) is 0 Å². The normalized spacial score (nSPS) is 12.7. The van der Waals surface area contributed by atoms with E-state index in [2.05, 4.69) is 5.32 Å². The Morgan fingerprint density at radius 3 is 2.61 bits per heavy atom. The number of benzene rings is 1. The van der Waals surface area contributed by atoms with Crippen LogP contribution in [-0.4, -0.2) is 48.5 Å². The molecule has 1 aromatic rings. The SMILES string of the molecule is CCCOc1ccc(NC(=O)N(C)CC(O)C(F)(F)F)c(C)c1. The summed E-state index contributed by atoms with van der Waals surface area (Å²) in [4.78, 5) is 12.7. The van der Waals surface area contributed by atoms with E-state index >= 15 is 0 Å². The molecule has 23 heavy (non-hydrogen) atoms. The number of nitrogens with zero attached hydrogens (tertiary/aromatic N) is 1. The highest BCUT2D eigenvalue weighted by Crippen LogP contribution is 2.23. The van der Waals surface area contributed by atoms with E-state index in [-0.39, 0.29) is 0 Å². The Bertz CT molecular complexity index is 535. The third-order valence-corrected chi connectivity index (χ3v) is 3.08. The van der Waals surface area contributed by atoms with Crippen LogP contribution in [0.25, 0.3) is 0 Å². The lowest BCUT2D eigenvalue weighted by atomic mass is 10.2. The molecule has 1 rings (SSSR count). The van der Waals surface area contributed by atoms with Gasteiger partial charge in [0.2, 0.25) is 0 Å². The van der Waals surface area contributed by atoms with Crippen LogP contribution in [-0.2, 0) is 0 Å². The second-order valence-electron chi connectivity index (χ2n) is 5.19. The molecule has 0 spiro atoms. The smallest absolute Gasteiger partial charge is 0.416 e. The van der Waals surface area contributed by atoms with E-state index in [0.717, 1.165) is 16.9 Å². The number of rotatable bonds is 6. The first-order valence-electron chi connectivity index (χ1n) is 7.15. The molecule has 1 aromatic carbocycles. The van der Waals surface area contributed by atoms with E-state index < -0.39 is 24.9 Å². The van der Waals surface area contributed by atoms with Crippen molar-refractivity contribution in [2.45, 2.75) is 32.5 Å². The predicted molar refractivity (Wildman–Crippen MR) is 80.7 cm³/mol. The second-order valence-corrected chi connectivity index (χ2v) is 5.19. The van der Waals surface area contributed by atoms with Crippen LogP contribution in [0.2, 0.25) is 0 Å². The molecule has 0 aromatic heterocycles. The molecule has 1 atom stereocenters. The minimum atomic E-state index is -4.76. The number of aliphatic hydroxyl groups is 1. The number of aliphatic hydroxyl groups excluding tert-OH is 1. The van der Waals surface area contributed by atoms with Crippen LogP contribution < -0.4 is 10.1 Å². The first-order valence-corrected chi connectivity index (χ1v) is 7.15. The highest BCUT2D eigenvalue weighted by molar-refractivity contribution is 5.90. The molecule has 0 aliphatic carbocycles. The number of hydrogen-bond acceptors (Lipinski definition) is 3. The second kappa shape index (κ2) is 8.05. The Balaban J connectivity index is 2.66. The Morgan fingerprint density at radius 1 is 1.43 bits per heavy atom. The third kappa shape index (κ3) is 5.97. The van der Waals surface area contributed by atoms with Crippen molar-refractivity contribution in [1.82, 2.24) is 4.90 Å². The van der Waals surface area contributed by atoms with Gasteiger partial charge in [-0.1, -0.05) is 6.92 Å². The molecule has 2 N–H and O–H groups in total. The number of hydrogen-bond donors (Lipinski definition) is 2. The monoisotopic (exact) mass is 334 g/mol. The maximum absolute atomic E-state index is 12.3. The number of amides is 2. The van der Waals surface area contributed by atoms with Crippen molar-refractivity contribution >= 4 is 11.7 Å². The summed E-state index contributed by atoms with van der Waals surface area (Å²) in [6, 6.07) is 4.28. The van der Waals surface area contributed by atoms with E-state index in [1.165, 1.54) is 7.05 Å². The number of urea groups is 1. The Kier molecular flexibility index (Phi) is 6.68. The lowest BCUT2D eigenvalue weighted by molar-refractivity contribution is -0.205. The molecule has 0 fully saturated rings. The summed E-state index contributed by atoms with van der Waals surface area (Å²) in [5.74, 6) is 0.656. The summed E-state index contributed by atoms with van der Waals surface area (Å²) in [5, 5.41) is 11.5. The van der Waals surface area contributed by atoms with Gasteiger partial charge < -0.3 is 20.1 Å². The van der Waals surface area contributed by atoms with Crippen LogP contribution in [0.1, 0.15) is 18.9 Å². The number of carbonyl (C=O) groups excluding carboxylic acids is 1. The number of aryl methyl sites for hydroxylation is 1. The zero-order valence-electron chi connectivity index (χ0n) is 13.3. The van der Waals surface area contributed by atoms with E-state index in [1.54, 1.807) is 25.1 Å². The van der Waals surface area contributed by atoms with Gasteiger partial charge in [-0.2, -0.15) is 13.2 Å². The summed E-state index contributed by atoms with van der Waals surface area (Å²) in [7, 11) is 1.18. The van der Waals surface area contributed by atoms with Crippen LogP contribution in [0.5, 0.6) is 5.75 Å². The molecule has 0 saturated carbocycles. The summed E-state index contributed by atoms with van der Waals surface area (Å²) in [6.07, 6.45) is -6.48. The number of ether oxygens (including phenoxy) is 1. The molecule has 130 valence electrons. The summed E-state index contributed by atoms with van der Waals surface area (Å²) in [6.45, 7) is 3.46. The van der Waals surface area contributed by atoms with E-state index in [0.29, 0.717) is 18.0 Å². The molecule has 2 amide bonds. The molecule has 0 aliphatic rings. The van der Waals surface area contributed by atoms with Crippen molar-refractivity contribution in [3.8, 4) is 5.75 Å². The van der Waals surface area contributed by atoms with Gasteiger partial charge in [0.25, 0.3) is 0 Å². The predicted octanol–water partition coefficient (Wildman–Crippen LogP) is 3.17. The topological polar surface area (TPSA) is 61.8 Å². The van der Waals surface area contributed by atoms with Gasteiger partial charge in [-0.25, -0.2) is 4.79 Å². The number of anilines is 1. The van der Waals surface area contributed by atoms with Crippen LogP contribution in [0.4, 0.5) is 23.7 Å². The summed E-state index contributed by atoms with van der Waals surface area (Å²) >= 11 is 0. The zero-order valence-corrected chi connectivity index (χ0v) is 13.3. The van der Waals surface area contributed by atoms with Crippen LogP contribution >= 0.6 is 0 Å². The van der Waals surface area contributed by atoms with Gasteiger partial charge in [0.15, 0.2) is 6.10 Å². The van der Waals surface area contributed by atoms with Crippen molar-refractivity contribution < 1.29 is 27.8 Å². The van der Waals surface area contributed by atoms with Crippen molar-refractivity contribution in [2.24, 2.45) is 0 Å². The van der Waals surface area contributed by atoms with Crippen molar-refractivity contribution in [2.75, 3.05) is 25.5 Å². The number of likely N-dealkylation sites (N-methyl/N-ethyl adjacent to an activating group) is 1. The molecular weight excluding hydrogens is 313 g/mol. The molecule has 1 unspecified atom stereocenters. The minimum absolute atomic E-state index is 0.465. The number of halogens is 3. The fourth-order valence-electron chi connectivity index (χ4n) is 1.74. The fourth-order valence-corrected chi connectivity index (χ4v) is 1.74. The molecular formula is C15H21F3N2O3. The van der Waals surface area contributed by atoms with Crippen LogP contribution in [0, 0.1) is 6.92 Å². The van der Waals surface area contributed by atoms with Gasteiger partial charge in [0.1, 0.15) is 5.75 Å². The maximum Gasteiger partial charge on any atom is 0.416 e.